The van der Waals surface area contributed by atoms with Crippen molar-refractivity contribution in [1.82, 2.24) is 19.7 Å². The normalized spacial score (nSPS) is 12.2. The van der Waals surface area contributed by atoms with E-state index in [1.807, 2.05) is 13.8 Å². The van der Waals surface area contributed by atoms with E-state index in [4.69, 9.17) is 0 Å². The van der Waals surface area contributed by atoms with E-state index in [9.17, 15) is 22.0 Å². The molecule has 0 saturated carbocycles. The fraction of sp³-hybridized carbons (Fsp3) is 0.174. The minimum absolute atomic E-state index is 0.0000794. The molecular weight excluding hydrogens is 427 g/mol. The van der Waals surface area contributed by atoms with Gasteiger partial charge in [-0.15, -0.1) is 0 Å². The molecule has 0 aliphatic heterocycles. The van der Waals surface area contributed by atoms with Gasteiger partial charge >= 0.3 is 6.18 Å². The van der Waals surface area contributed by atoms with Gasteiger partial charge in [0.2, 0.25) is 11.9 Å². The van der Waals surface area contributed by atoms with E-state index in [1.54, 1.807) is 24.3 Å². The quantitative estimate of drug-likeness (QED) is 0.289. The Bertz CT molecular complexity index is 1260. The summed E-state index contributed by atoms with van der Waals surface area (Å²) in [5.41, 5.74) is 0.803. The highest BCUT2D eigenvalue weighted by molar-refractivity contribution is 5.60. The highest BCUT2D eigenvalue weighted by atomic mass is 19.4. The monoisotopic (exact) mass is 444 g/mol. The highest BCUT2D eigenvalue weighted by Crippen LogP contribution is 2.33. The van der Waals surface area contributed by atoms with E-state index >= 15 is 0 Å². The van der Waals surface area contributed by atoms with E-state index in [1.165, 1.54) is 29.1 Å². The summed E-state index contributed by atoms with van der Waals surface area (Å²) in [5.74, 6) is -1.91. The van der Waals surface area contributed by atoms with Crippen LogP contribution in [0.25, 0.3) is 16.9 Å². The average molecular weight is 444 g/mol. The zero-order chi connectivity index (χ0) is 23.1. The van der Waals surface area contributed by atoms with Gasteiger partial charge in [0, 0.05) is 11.8 Å². The summed E-state index contributed by atoms with van der Waals surface area (Å²) < 4.78 is 66.9. The summed E-state index contributed by atoms with van der Waals surface area (Å²) in [6.07, 6.45) is -2.87. The van der Waals surface area contributed by atoms with Crippen molar-refractivity contribution in [1.29, 1.82) is 0 Å². The maximum atomic E-state index is 14.0. The smallest absolute Gasteiger partial charge is 0.252 e. The highest BCUT2D eigenvalue weighted by Gasteiger charge is 2.30. The Morgan fingerprint density at radius 3 is 2.16 bits per heavy atom. The Morgan fingerprint density at radius 1 is 0.781 bits per heavy atom. The van der Waals surface area contributed by atoms with Gasteiger partial charge in [0.15, 0.2) is 0 Å². The van der Waals surface area contributed by atoms with Gasteiger partial charge in [-0.2, -0.15) is 32.0 Å². The van der Waals surface area contributed by atoms with Gasteiger partial charge in [-0.05, 0) is 56.3 Å². The minimum atomic E-state index is -4.41. The molecule has 0 atom stereocenters. The van der Waals surface area contributed by atoms with Crippen molar-refractivity contribution >= 4 is 0 Å². The standard InChI is InChI=1S/C23H17F5N4/c1-22(2,19-12-13-32(31-19)17-10-11-20(24)30-21(17)25)18-5-3-4-16(29-18)14-6-8-15(9-7-14)23(26,27)28/h3-13H,1-2H3. The second-order valence-electron chi connectivity index (χ2n) is 7.70. The summed E-state index contributed by atoms with van der Waals surface area (Å²) in [7, 11) is 0. The second kappa shape index (κ2) is 7.81. The average Bonchev–Trinajstić information content (AvgIpc) is 3.24. The van der Waals surface area contributed by atoms with Crippen LogP contribution in [0.1, 0.15) is 30.8 Å². The van der Waals surface area contributed by atoms with Crippen LogP contribution in [0.5, 0.6) is 0 Å². The lowest BCUT2D eigenvalue weighted by molar-refractivity contribution is -0.137. The first kappa shape index (κ1) is 21.6. The van der Waals surface area contributed by atoms with Gasteiger partial charge in [-0.3, -0.25) is 4.98 Å². The number of benzene rings is 1. The van der Waals surface area contributed by atoms with Crippen LogP contribution in [0, 0.1) is 11.9 Å². The van der Waals surface area contributed by atoms with E-state index in [2.05, 4.69) is 15.1 Å². The van der Waals surface area contributed by atoms with Crippen LogP contribution in [0.15, 0.2) is 66.9 Å². The molecule has 3 aromatic heterocycles. The molecule has 0 bridgehead atoms. The van der Waals surface area contributed by atoms with Gasteiger partial charge in [0.05, 0.1) is 28.1 Å². The molecule has 0 spiro atoms. The Hall–Kier alpha value is -3.62. The fourth-order valence-corrected chi connectivity index (χ4v) is 3.27. The maximum absolute atomic E-state index is 14.0. The van der Waals surface area contributed by atoms with E-state index in [0.717, 1.165) is 18.2 Å². The van der Waals surface area contributed by atoms with Crippen LogP contribution in [-0.4, -0.2) is 19.7 Å². The maximum Gasteiger partial charge on any atom is 0.416 e. The molecule has 32 heavy (non-hydrogen) atoms. The van der Waals surface area contributed by atoms with Gasteiger partial charge < -0.3 is 0 Å². The molecule has 3 heterocycles. The van der Waals surface area contributed by atoms with Crippen molar-refractivity contribution in [2.24, 2.45) is 0 Å². The number of halogens is 5. The molecule has 1 aromatic carbocycles. The summed E-state index contributed by atoms with van der Waals surface area (Å²) in [5, 5.41) is 4.41. The molecule has 4 aromatic rings. The van der Waals surface area contributed by atoms with Gasteiger partial charge in [-0.25, -0.2) is 4.68 Å². The van der Waals surface area contributed by atoms with Crippen molar-refractivity contribution in [3.05, 3.63) is 95.7 Å². The molecule has 0 unspecified atom stereocenters. The number of nitrogens with zero attached hydrogens (tertiary/aromatic N) is 4. The number of alkyl halides is 3. The summed E-state index contributed by atoms with van der Waals surface area (Å²) >= 11 is 0. The fourth-order valence-electron chi connectivity index (χ4n) is 3.27. The van der Waals surface area contributed by atoms with Crippen molar-refractivity contribution in [2.45, 2.75) is 25.4 Å². The van der Waals surface area contributed by atoms with Crippen LogP contribution in [-0.2, 0) is 11.6 Å². The molecule has 0 amide bonds. The Balaban J connectivity index is 1.66. The molecule has 0 N–H and O–H groups in total. The van der Waals surface area contributed by atoms with Crippen molar-refractivity contribution in [3.8, 4) is 16.9 Å². The molecule has 164 valence electrons. The van der Waals surface area contributed by atoms with E-state index in [-0.39, 0.29) is 5.69 Å². The van der Waals surface area contributed by atoms with Gasteiger partial charge in [0.1, 0.15) is 5.69 Å². The first-order chi connectivity index (χ1) is 15.1. The van der Waals surface area contributed by atoms with Crippen LogP contribution in [0.3, 0.4) is 0 Å². The van der Waals surface area contributed by atoms with Crippen molar-refractivity contribution in [2.75, 3.05) is 0 Å². The molecule has 0 radical (unpaired) electrons. The van der Waals surface area contributed by atoms with Crippen molar-refractivity contribution in [3.63, 3.8) is 0 Å². The number of aromatic nitrogens is 4. The predicted octanol–water partition coefficient (Wildman–Crippen LogP) is 5.95. The lowest BCUT2D eigenvalue weighted by Gasteiger charge is -2.22. The molecule has 4 nitrogen and oxygen atoms in total. The third-order valence-corrected chi connectivity index (χ3v) is 5.17. The topological polar surface area (TPSA) is 43.6 Å². The number of pyridine rings is 2. The number of hydrogen-bond donors (Lipinski definition) is 0. The van der Waals surface area contributed by atoms with Gasteiger partial charge in [-0.1, -0.05) is 18.2 Å². The van der Waals surface area contributed by atoms with Crippen LogP contribution < -0.4 is 0 Å². The summed E-state index contributed by atoms with van der Waals surface area (Å²) in [6.45, 7) is 3.75. The molecular formula is C23H17F5N4. The third-order valence-electron chi connectivity index (χ3n) is 5.17. The summed E-state index contributed by atoms with van der Waals surface area (Å²) in [6, 6.07) is 14.0. The first-order valence-corrected chi connectivity index (χ1v) is 9.59. The number of hydrogen-bond acceptors (Lipinski definition) is 3. The Kier molecular flexibility index (Phi) is 5.28. The second-order valence-corrected chi connectivity index (χ2v) is 7.70. The largest absolute Gasteiger partial charge is 0.416 e. The summed E-state index contributed by atoms with van der Waals surface area (Å²) in [4.78, 5) is 7.80. The van der Waals surface area contributed by atoms with Crippen molar-refractivity contribution < 1.29 is 22.0 Å². The van der Waals surface area contributed by atoms with E-state index in [0.29, 0.717) is 22.6 Å². The Morgan fingerprint density at radius 2 is 1.50 bits per heavy atom. The SMILES string of the molecule is CC(C)(c1cccc(-c2ccc(C(F)(F)F)cc2)n1)c1ccn(-c2ccc(F)nc2F)n1. The van der Waals surface area contributed by atoms with Crippen LogP contribution >= 0.6 is 0 Å². The molecule has 4 rings (SSSR count). The zero-order valence-electron chi connectivity index (χ0n) is 17.0. The molecule has 0 fully saturated rings. The minimum Gasteiger partial charge on any atom is -0.252 e. The van der Waals surface area contributed by atoms with Crippen LogP contribution in [0.4, 0.5) is 22.0 Å². The van der Waals surface area contributed by atoms with Crippen LogP contribution in [0.2, 0.25) is 0 Å². The van der Waals surface area contributed by atoms with Gasteiger partial charge in [0.25, 0.3) is 0 Å². The third kappa shape index (κ3) is 4.10. The molecule has 9 heteroatoms. The molecule has 0 aliphatic carbocycles. The Labute approximate surface area is 180 Å². The lowest BCUT2D eigenvalue weighted by Crippen LogP contribution is -2.22. The predicted molar refractivity (Wildman–Crippen MR) is 108 cm³/mol. The number of rotatable bonds is 4. The lowest BCUT2D eigenvalue weighted by atomic mass is 9.85. The van der Waals surface area contributed by atoms with E-state index < -0.39 is 29.1 Å². The first-order valence-electron chi connectivity index (χ1n) is 9.59. The molecule has 0 aliphatic rings. The zero-order valence-corrected chi connectivity index (χ0v) is 17.0. The molecule has 0 saturated heterocycles.